The molecule has 0 spiro atoms. The van der Waals surface area contributed by atoms with Crippen LogP contribution in [0.3, 0.4) is 0 Å². The molecule has 106 valence electrons. The van der Waals surface area contributed by atoms with E-state index in [0.29, 0.717) is 12.2 Å². The predicted octanol–water partition coefficient (Wildman–Crippen LogP) is 4.35. The number of aryl methyl sites for hydroxylation is 1. The van der Waals surface area contributed by atoms with Crippen LogP contribution in [-0.2, 0) is 18.4 Å². The molecule has 0 atom stereocenters. The molecule has 2 aromatic heterocycles. The Morgan fingerprint density at radius 3 is 2.85 bits per heavy atom. The van der Waals surface area contributed by atoms with Crippen molar-refractivity contribution in [3.05, 3.63) is 45.4 Å². The number of ketones is 1. The van der Waals surface area contributed by atoms with Gasteiger partial charge in [0.1, 0.15) is 0 Å². The summed E-state index contributed by atoms with van der Waals surface area (Å²) in [6.07, 6.45) is 2.74. The van der Waals surface area contributed by atoms with E-state index in [9.17, 15) is 4.79 Å². The highest BCUT2D eigenvalue weighted by Crippen LogP contribution is 2.32. The number of rotatable bonds is 3. The van der Waals surface area contributed by atoms with E-state index in [1.54, 1.807) is 0 Å². The summed E-state index contributed by atoms with van der Waals surface area (Å²) in [6.45, 7) is 7.64. The van der Waals surface area contributed by atoms with Crippen LogP contribution in [0.25, 0.3) is 0 Å². The van der Waals surface area contributed by atoms with Gasteiger partial charge in [-0.3, -0.25) is 4.79 Å². The molecular formula is C17H21NOS. The van der Waals surface area contributed by atoms with Gasteiger partial charge in [0.05, 0.1) is 0 Å². The molecule has 20 heavy (non-hydrogen) atoms. The smallest absolute Gasteiger partial charge is 0.164 e. The molecule has 2 nitrogen and oxygen atoms in total. The summed E-state index contributed by atoms with van der Waals surface area (Å²) in [4.78, 5) is 13.4. The minimum atomic E-state index is 0.103. The average molecular weight is 287 g/mol. The van der Waals surface area contributed by atoms with E-state index < -0.39 is 0 Å². The van der Waals surface area contributed by atoms with Gasteiger partial charge >= 0.3 is 0 Å². The molecule has 0 saturated carbocycles. The second-order valence-corrected chi connectivity index (χ2v) is 7.32. The van der Waals surface area contributed by atoms with Crippen LogP contribution in [0, 0.1) is 6.92 Å². The maximum Gasteiger partial charge on any atom is 0.164 e. The minimum Gasteiger partial charge on any atom is -0.347 e. The van der Waals surface area contributed by atoms with Crippen molar-refractivity contribution >= 4 is 17.1 Å². The first-order valence-electron chi connectivity index (χ1n) is 7.25. The largest absolute Gasteiger partial charge is 0.347 e. The molecule has 2 heterocycles. The van der Waals surface area contributed by atoms with Crippen molar-refractivity contribution in [3.63, 3.8) is 0 Å². The van der Waals surface area contributed by atoms with E-state index in [0.717, 1.165) is 24.9 Å². The molecule has 2 aromatic rings. The van der Waals surface area contributed by atoms with Gasteiger partial charge in [0.25, 0.3) is 0 Å². The molecule has 0 bridgehead atoms. The van der Waals surface area contributed by atoms with Crippen LogP contribution >= 0.6 is 11.3 Å². The lowest BCUT2D eigenvalue weighted by Gasteiger charge is -2.27. The highest BCUT2D eigenvalue weighted by molar-refractivity contribution is 7.10. The third-order valence-electron chi connectivity index (χ3n) is 4.28. The van der Waals surface area contributed by atoms with Crippen molar-refractivity contribution in [2.75, 3.05) is 0 Å². The second kappa shape index (κ2) is 4.88. The highest BCUT2D eigenvalue weighted by atomic mass is 32.1. The molecule has 0 aromatic carbocycles. The Balaban J connectivity index is 1.98. The average Bonchev–Trinajstić information content (AvgIpc) is 3.01. The predicted molar refractivity (Wildman–Crippen MR) is 83.8 cm³/mol. The summed E-state index contributed by atoms with van der Waals surface area (Å²) in [5, 5.41) is 2.14. The number of Topliss-reactive ketones (excluding diaryl/α,β-unsaturated/α-hetero) is 1. The van der Waals surface area contributed by atoms with Gasteiger partial charge in [-0.15, -0.1) is 11.3 Å². The van der Waals surface area contributed by atoms with Gasteiger partial charge < -0.3 is 4.57 Å². The van der Waals surface area contributed by atoms with Gasteiger partial charge in [-0.05, 0) is 37.3 Å². The number of nitrogens with zero attached hydrogens (tertiary/aromatic N) is 1. The minimum absolute atomic E-state index is 0.103. The molecule has 0 fully saturated rings. The Hall–Kier alpha value is -1.35. The number of hydrogen-bond donors (Lipinski definition) is 0. The third-order valence-corrected chi connectivity index (χ3v) is 5.51. The summed E-state index contributed by atoms with van der Waals surface area (Å²) in [6, 6.07) is 6.41. The van der Waals surface area contributed by atoms with Crippen molar-refractivity contribution in [1.82, 2.24) is 4.57 Å². The summed E-state index contributed by atoms with van der Waals surface area (Å²) in [5.41, 5.74) is 3.54. The van der Waals surface area contributed by atoms with Gasteiger partial charge in [-0.25, -0.2) is 0 Å². The first-order chi connectivity index (χ1) is 9.49. The van der Waals surface area contributed by atoms with Crippen LogP contribution < -0.4 is 0 Å². The van der Waals surface area contributed by atoms with Crippen molar-refractivity contribution in [3.8, 4) is 0 Å². The summed E-state index contributed by atoms with van der Waals surface area (Å²) in [5.74, 6) is 0.321. The van der Waals surface area contributed by atoms with Crippen LogP contribution in [0.15, 0.2) is 23.6 Å². The molecular weight excluding hydrogens is 266 g/mol. The van der Waals surface area contributed by atoms with Crippen LogP contribution in [0.1, 0.15) is 53.3 Å². The Kier molecular flexibility index (Phi) is 3.33. The number of carbonyl (C=O) groups excluding carboxylic acids is 1. The first-order valence-corrected chi connectivity index (χ1v) is 8.13. The molecule has 3 heteroatoms. The Morgan fingerprint density at radius 1 is 1.35 bits per heavy atom. The second-order valence-electron chi connectivity index (χ2n) is 6.37. The molecule has 3 rings (SSSR count). The summed E-state index contributed by atoms with van der Waals surface area (Å²) < 4.78 is 2.37. The lowest BCUT2D eigenvalue weighted by Crippen LogP contribution is -2.26. The van der Waals surface area contributed by atoms with Crippen molar-refractivity contribution in [1.29, 1.82) is 0 Å². The monoisotopic (exact) mass is 287 g/mol. The number of hydrogen-bond acceptors (Lipinski definition) is 2. The number of fused-ring (bicyclic) bond motifs is 1. The van der Waals surface area contributed by atoms with Gasteiger partial charge in [0.15, 0.2) is 5.78 Å². The van der Waals surface area contributed by atoms with E-state index in [4.69, 9.17) is 0 Å². The number of carbonyl (C=O) groups is 1. The van der Waals surface area contributed by atoms with Crippen LogP contribution in [0.5, 0.6) is 0 Å². The van der Waals surface area contributed by atoms with Crippen molar-refractivity contribution in [2.24, 2.45) is 0 Å². The molecule has 1 aliphatic carbocycles. The Bertz CT molecular complexity index is 634. The Labute approximate surface area is 124 Å². The first kappa shape index (κ1) is 13.6. The zero-order valence-corrected chi connectivity index (χ0v) is 13.2. The van der Waals surface area contributed by atoms with Crippen LogP contribution in [0.4, 0.5) is 0 Å². The van der Waals surface area contributed by atoms with Crippen molar-refractivity contribution in [2.45, 2.75) is 52.0 Å². The quantitative estimate of drug-likeness (QED) is 0.822. The maximum absolute atomic E-state index is 12.0. The standard InChI is InChI=1S/C17H21NOS/c1-12-10-13-14(6-4-7-15(13)19)18(12)11-17(2,3)16-8-5-9-20-16/h5,8-10H,4,6-7,11H2,1-3H3. The van der Waals surface area contributed by atoms with E-state index in [-0.39, 0.29) is 5.41 Å². The number of aromatic nitrogens is 1. The maximum atomic E-state index is 12.0. The lowest BCUT2D eigenvalue weighted by atomic mass is 9.90. The summed E-state index contributed by atoms with van der Waals surface area (Å²) in [7, 11) is 0. The van der Waals surface area contributed by atoms with Crippen molar-refractivity contribution < 1.29 is 4.79 Å². The van der Waals surface area contributed by atoms with Gasteiger partial charge in [0.2, 0.25) is 0 Å². The molecule has 0 amide bonds. The van der Waals surface area contributed by atoms with Crippen LogP contribution in [-0.4, -0.2) is 10.4 Å². The topological polar surface area (TPSA) is 22.0 Å². The number of thiophene rings is 1. The molecule has 0 unspecified atom stereocenters. The highest BCUT2D eigenvalue weighted by Gasteiger charge is 2.28. The third kappa shape index (κ3) is 2.24. The molecule has 0 saturated heterocycles. The fourth-order valence-corrected chi connectivity index (χ4v) is 3.99. The zero-order valence-electron chi connectivity index (χ0n) is 12.4. The SMILES string of the molecule is Cc1cc2c(n1CC(C)(C)c1cccs1)CCCC2=O. The van der Waals surface area contributed by atoms with Gasteiger partial charge in [-0.2, -0.15) is 0 Å². The Morgan fingerprint density at radius 2 is 2.15 bits per heavy atom. The van der Waals surface area contributed by atoms with E-state index >= 15 is 0 Å². The van der Waals surface area contributed by atoms with Crippen LogP contribution in [0.2, 0.25) is 0 Å². The lowest BCUT2D eigenvalue weighted by molar-refractivity contribution is 0.0971. The summed E-state index contributed by atoms with van der Waals surface area (Å²) >= 11 is 1.82. The van der Waals surface area contributed by atoms with E-state index in [1.165, 1.54) is 16.3 Å². The fourth-order valence-electron chi connectivity index (χ4n) is 3.15. The molecule has 0 aliphatic heterocycles. The normalized spacial score (nSPS) is 15.4. The molecule has 0 radical (unpaired) electrons. The molecule has 1 aliphatic rings. The van der Waals surface area contributed by atoms with E-state index in [1.807, 2.05) is 11.3 Å². The van der Waals surface area contributed by atoms with Gasteiger partial charge in [-0.1, -0.05) is 19.9 Å². The van der Waals surface area contributed by atoms with E-state index in [2.05, 4.69) is 48.9 Å². The van der Waals surface area contributed by atoms with Gasteiger partial charge in [0, 0.05) is 40.2 Å². The molecule has 0 N–H and O–H groups in total. The zero-order chi connectivity index (χ0) is 14.3. The fraction of sp³-hybridized carbons (Fsp3) is 0.471.